The number of benzene rings is 2. The van der Waals surface area contributed by atoms with E-state index in [2.05, 4.69) is 15.3 Å². The van der Waals surface area contributed by atoms with Crippen LogP contribution in [0.3, 0.4) is 0 Å². The number of halogens is 5. The molecule has 0 radical (unpaired) electrons. The minimum Gasteiger partial charge on any atom is -0.366 e. The fourth-order valence-corrected chi connectivity index (χ4v) is 2.49. The van der Waals surface area contributed by atoms with Crippen LogP contribution < -0.4 is 5.32 Å². The molecule has 0 fully saturated rings. The smallest absolute Gasteiger partial charge is 0.366 e. The summed E-state index contributed by atoms with van der Waals surface area (Å²) in [6, 6.07) is 12.1. The van der Waals surface area contributed by atoms with Crippen molar-refractivity contribution in [1.82, 2.24) is 9.97 Å². The first-order valence-electron chi connectivity index (χ1n) is 7.52. The lowest BCUT2D eigenvalue weighted by molar-refractivity contribution is -0.137. The van der Waals surface area contributed by atoms with Gasteiger partial charge in [0.2, 0.25) is 0 Å². The normalized spacial score (nSPS) is 11.4. The van der Waals surface area contributed by atoms with Gasteiger partial charge in [-0.15, -0.1) is 0 Å². The molecule has 0 atom stereocenters. The Balaban J connectivity index is 1.86. The summed E-state index contributed by atoms with van der Waals surface area (Å²) >= 11 is 5.96. The van der Waals surface area contributed by atoms with Crippen LogP contribution in [0.5, 0.6) is 0 Å². The maximum absolute atomic E-state index is 13.2. The molecule has 0 aliphatic rings. The van der Waals surface area contributed by atoms with Crippen LogP contribution >= 0.6 is 11.6 Å². The molecule has 2 aromatic carbocycles. The lowest BCUT2D eigenvalue weighted by Gasteiger charge is -2.10. The zero-order valence-electron chi connectivity index (χ0n) is 13.2. The Labute approximate surface area is 151 Å². The largest absolute Gasteiger partial charge is 0.416 e. The van der Waals surface area contributed by atoms with E-state index >= 15 is 0 Å². The summed E-state index contributed by atoms with van der Waals surface area (Å²) in [7, 11) is 0. The minimum atomic E-state index is -4.47. The highest BCUT2D eigenvalue weighted by molar-refractivity contribution is 6.29. The summed E-state index contributed by atoms with van der Waals surface area (Å²) in [5, 5.41) is 3.04. The third kappa shape index (κ3) is 4.49. The summed E-state index contributed by atoms with van der Waals surface area (Å²) in [6.07, 6.45) is -4.47. The molecule has 3 aromatic rings. The van der Waals surface area contributed by atoms with Crippen LogP contribution in [-0.2, 0) is 12.7 Å². The lowest BCUT2D eigenvalue weighted by atomic mass is 10.1. The molecule has 0 aliphatic heterocycles. The molecule has 3 nitrogen and oxygen atoms in total. The Bertz CT molecular complexity index is 928. The third-order valence-electron chi connectivity index (χ3n) is 3.51. The minimum absolute atomic E-state index is 0.0605. The molecule has 26 heavy (non-hydrogen) atoms. The zero-order valence-corrected chi connectivity index (χ0v) is 13.9. The van der Waals surface area contributed by atoms with Gasteiger partial charge in [0.1, 0.15) is 16.8 Å². The molecule has 8 heteroatoms. The SMILES string of the molecule is Fc1cccc(CNc2cc(Cl)nc(-c3cccc(C(F)(F)F)c3)n2)c1. The lowest BCUT2D eigenvalue weighted by Crippen LogP contribution is -2.06. The second-order valence-corrected chi connectivity index (χ2v) is 5.85. The number of hydrogen-bond acceptors (Lipinski definition) is 3. The quantitative estimate of drug-likeness (QED) is 0.474. The Kier molecular flexibility index (Phi) is 5.08. The molecule has 0 saturated heterocycles. The molecule has 1 heterocycles. The maximum Gasteiger partial charge on any atom is 0.416 e. The Hall–Kier alpha value is -2.67. The topological polar surface area (TPSA) is 37.8 Å². The van der Waals surface area contributed by atoms with Gasteiger partial charge in [0, 0.05) is 18.2 Å². The molecular formula is C18H12ClF4N3. The molecule has 1 N–H and O–H groups in total. The Morgan fingerprint density at radius 2 is 1.73 bits per heavy atom. The highest BCUT2D eigenvalue weighted by Gasteiger charge is 2.30. The number of nitrogens with zero attached hydrogens (tertiary/aromatic N) is 2. The molecule has 0 aliphatic carbocycles. The van der Waals surface area contributed by atoms with E-state index in [1.807, 2.05) is 0 Å². The molecule has 1 aromatic heterocycles. The highest BCUT2D eigenvalue weighted by Crippen LogP contribution is 2.31. The second kappa shape index (κ2) is 7.29. The predicted molar refractivity (Wildman–Crippen MR) is 91.2 cm³/mol. The summed E-state index contributed by atoms with van der Waals surface area (Å²) in [5.74, 6) is 0.0155. The average molecular weight is 382 g/mol. The predicted octanol–water partition coefficient (Wildman–Crippen LogP) is 5.57. The van der Waals surface area contributed by atoms with Gasteiger partial charge >= 0.3 is 6.18 Å². The monoisotopic (exact) mass is 381 g/mol. The Morgan fingerprint density at radius 3 is 2.46 bits per heavy atom. The second-order valence-electron chi connectivity index (χ2n) is 5.46. The number of alkyl halides is 3. The Morgan fingerprint density at radius 1 is 0.962 bits per heavy atom. The van der Waals surface area contributed by atoms with Crippen LogP contribution in [-0.4, -0.2) is 9.97 Å². The van der Waals surface area contributed by atoms with Gasteiger partial charge in [-0.25, -0.2) is 14.4 Å². The molecule has 134 valence electrons. The van der Waals surface area contributed by atoms with Gasteiger partial charge in [0.15, 0.2) is 5.82 Å². The van der Waals surface area contributed by atoms with E-state index in [-0.39, 0.29) is 28.9 Å². The van der Waals surface area contributed by atoms with Crippen molar-refractivity contribution in [3.8, 4) is 11.4 Å². The summed E-state index contributed by atoms with van der Waals surface area (Å²) in [4.78, 5) is 8.18. The van der Waals surface area contributed by atoms with Gasteiger partial charge in [-0.1, -0.05) is 35.9 Å². The summed E-state index contributed by atoms with van der Waals surface area (Å²) in [6.45, 7) is 0.271. The van der Waals surface area contributed by atoms with Crippen LogP contribution in [0.15, 0.2) is 54.6 Å². The standard InChI is InChI=1S/C18H12ClF4N3/c19-15-9-16(24-10-11-3-1-6-14(20)7-11)26-17(25-15)12-4-2-5-13(8-12)18(21,22)23/h1-9H,10H2,(H,24,25,26). The van der Waals surface area contributed by atoms with Gasteiger partial charge in [-0.2, -0.15) is 13.2 Å². The van der Waals surface area contributed by atoms with E-state index < -0.39 is 11.7 Å². The van der Waals surface area contributed by atoms with E-state index in [9.17, 15) is 17.6 Å². The fourth-order valence-electron chi connectivity index (χ4n) is 2.31. The van der Waals surface area contributed by atoms with Crippen molar-refractivity contribution in [3.63, 3.8) is 0 Å². The number of hydrogen-bond donors (Lipinski definition) is 1. The molecule has 3 rings (SSSR count). The van der Waals surface area contributed by atoms with Crippen molar-refractivity contribution >= 4 is 17.4 Å². The van der Waals surface area contributed by atoms with Crippen molar-refractivity contribution in [3.05, 3.63) is 76.7 Å². The number of nitrogens with one attached hydrogen (secondary N) is 1. The van der Waals surface area contributed by atoms with Crippen molar-refractivity contribution in [2.45, 2.75) is 12.7 Å². The maximum atomic E-state index is 13.2. The van der Waals surface area contributed by atoms with Gasteiger partial charge in [0.25, 0.3) is 0 Å². The van der Waals surface area contributed by atoms with Crippen molar-refractivity contribution in [1.29, 1.82) is 0 Å². The van der Waals surface area contributed by atoms with Crippen molar-refractivity contribution < 1.29 is 17.6 Å². The average Bonchev–Trinajstić information content (AvgIpc) is 2.59. The van der Waals surface area contributed by atoms with Crippen LogP contribution in [0.2, 0.25) is 5.15 Å². The van der Waals surface area contributed by atoms with Crippen LogP contribution in [0.25, 0.3) is 11.4 Å². The van der Waals surface area contributed by atoms with E-state index in [1.165, 1.54) is 30.3 Å². The number of aromatic nitrogens is 2. The zero-order chi connectivity index (χ0) is 18.7. The fraction of sp³-hybridized carbons (Fsp3) is 0.111. The van der Waals surface area contributed by atoms with E-state index in [0.717, 1.165) is 12.1 Å². The van der Waals surface area contributed by atoms with Gasteiger partial charge in [-0.3, -0.25) is 0 Å². The van der Waals surface area contributed by atoms with Gasteiger partial charge < -0.3 is 5.32 Å². The number of rotatable bonds is 4. The first-order valence-corrected chi connectivity index (χ1v) is 7.89. The molecule has 0 unspecified atom stereocenters. The first kappa shape index (κ1) is 18.1. The highest BCUT2D eigenvalue weighted by atomic mass is 35.5. The van der Waals surface area contributed by atoms with E-state index in [4.69, 9.17) is 11.6 Å². The summed E-state index contributed by atoms with van der Waals surface area (Å²) in [5.41, 5.74) is 0.0735. The van der Waals surface area contributed by atoms with Gasteiger partial charge in [0.05, 0.1) is 5.56 Å². The number of anilines is 1. The molecule has 0 bridgehead atoms. The first-order chi connectivity index (χ1) is 12.3. The van der Waals surface area contributed by atoms with Gasteiger partial charge in [-0.05, 0) is 29.8 Å². The van der Waals surface area contributed by atoms with Crippen LogP contribution in [0.4, 0.5) is 23.4 Å². The van der Waals surface area contributed by atoms with Crippen molar-refractivity contribution in [2.24, 2.45) is 0 Å². The molecular weight excluding hydrogens is 370 g/mol. The van der Waals surface area contributed by atoms with Crippen LogP contribution in [0, 0.1) is 5.82 Å². The molecule has 0 spiro atoms. The molecule has 0 amide bonds. The van der Waals surface area contributed by atoms with Crippen molar-refractivity contribution in [2.75, 3.05) is 5.32 Å². The third-order valence-corrected chi connectivity index (χ3v) is 3.70. The summed E-state index contributed by atoms with van der Waals surface area (Å²) < 4.78 is 51.8. The van der Waals surface area contributed by atoms with E-state index in [0.29, 0.717) is 11.4 Å². The van der Waals surface area contributed by atoms with E-state index in [1.54, 1.807) is 12.1 Å². The molecule has 0 saturated carbocycles. The van der Waals surface area contributed by atoms with Crippen LogP contribution in [0.1, 0.15) is 11.1 Å².